The lowest BCUT2D eigenvalue weighted by molar-refractivity contribution is 0.0599. The number of ether oxygens (including phenoxy) is 4. The fourth-order valence-corrected chi connectivity index (χ4v) is 1.54. The van der Waals surface area contributed by atoms with Crippen LogP contribution in [-0.4, -0.2) is 33.4 Å². The van der Waals surface area contributed by atoms with Gasteiger partial charge in [0.05, 0.1) is 33.0 Å². The molecule has 0 aliphatic heterocycles. The highest BCUT2D eigenvalue weighted by Gasteiger charge is 2.17. The fraction of sp³-hybridized carbons (Fsp3) is 0.462. The SMILES string of the molecule is CCOc1cc(C(=O)OC)cc(OCC)c1OC. The van der Waals surface area contributed by atoms with E-state index in [1.54, 1.807) is 12.1 Å². The normalized spacial score (nSPS) is 9.78. The molecule has 1 rings (SSSR count). The third-order valence-corrected chi connectivity index (χ3v) is 2.25. The van der Waals surface area contributed by atoms with Crippen molar-refractivity contribution in [1.29, 1.82) is 0 Å². The average Bonchev–Trinajstić information content (AvgIpc) is 2.38. The first-order chi connectivity index (χ1) is 8.67. The van der Waals surface area contributed by atoms with Gasteiger partial charge in [0.2, 0.25) is 5.75 Å². The summed E-state index contributed by atoms with van der Waals surface area (Å²) in [6, 6.07) is 3.16. The van der Waals surface area contributed by atoms with E-state index in [-0.39, 0.29) is 0 Å². The molecule has 1 aromatic rings. The maximum atomic E-state index is 11.6. The molecule has 0 N–H and O–H groups in total. The Kier molecular flexibility index (Phi) is 5.30. The minimum atomic E-state index is -0.445. The van der Waals surface area contributed by atoms with Crippen LogP contribution in [0.2, 0.25) is 0 Å². The summed E-state index contributed by atoms with van der Waals surface area (Å²) in [4.78, 5) is 11.6. The molecule has 100 valence electrons. The second kappa shape index (κ2) is 6.74. The van der Waals surface area contributed by atoms with Crippen LogP contribution in [0.3, 0.4) is 0 Å². The van der Waals surface area contributed by atoms with E-state index < -0.39 is 5.97 Å². The van der Waals surface area contributed by atoms with E-state index in [0.29, 0.717) is 36.0 Å². The summed E-state index contributed by atoms with van der Waals surface area (Å²) in [5.41, 5.74) is 0.366. The zero-order valence-corrected chi connectivity index (χ0v) is 11.1. The van der Waals surface area contributed by atoms with E-state index in [2.05, 4.69) is 4.74 Å². The third-order valence-electron chi connectivity index (χ3n) is 2.25. The predicted molar refractivity (Wildman–Crippen MR) is 66.7 cm³/mol. The molecule has 0 radical (unpaired) electrons. The molecule has 5 nitrogen and oxygen atoms in total. The van der Waals surface area contributed by atoms with Crippen LogP contribution in [0.1, 0.15) is 24.2 Å². The molecule has 1 aromatic carbocycles. The number of hydrogen-bond donors (Lipinski definition) is 0. The maximum absolute atomic E-state index is 11.6. The summed E-state index contributed by atoms with van der Waals surface area (Å²) in [5.74, 6) is 0.962. The first-order valence-corrected chi connectivity index (χ1v) is 5.73. The highest BCUT2D eigenvalue weighted by atomic mass is 16.5. The molecule has 0 amide bonds. The van der Waals surface area contributed by atoms with Gasteiger partial charge in [-0.05, 0) is 26.0 Å². The summed E-state index contributed by atoms with van der Waals surface area (Å²) in [7, 11) is 2.85. The second-order valence-electron chi connectivity index (χ2n) is 3.36. The highest BCUT2D eigenvalue weighted by Crippen LogP contribution is 2.38. The van der Waals surface area contributed by atoms with Gasteiger partial charge < -0.3 is 18.9 Å². The predicted octanol–water partition coefficient (Wildman–Crippen LogP) is 2.28. The minimum Gasteiger partial charge on any atom is -0.490 e. The Morgan fingerprint density at radius 3 is 1.89 bits per heavy atom. The van der Waals surface area contributed by atoms with Gasteiger partial charge in [0.1, 0.15) is 0 Å². The van der Waals surface area contributed by atoms with Gasteiger partial charge in [-0.25, -0.2) is 4.79 Å². The molecule has 5 heteroatoms. The number of carbonyl (C=O) groups is 1. The lowest BCUT2D eigenvalue weighted by Gasteiger charge is -2.15. The van der Waals surface area contributed by atoms with Crippen molar-refractivity contribution in [3.8, 4) is 17.2 Å². The van der Waals surface area contributed by atoms with Crippen LogP contribution in [0, 0.1) is 0 Å². The van der Waals surface area contributed by atoms with Crippen LogP contribution < -0.4 is 14.2 Å². The number of hydrogen-bond acceptors (Lipinski definition) is 5. The van der Waals surface area contributed by atoms with Gasteiger partial charge in [-0.15, -0.1) is 0 Å². The molecule has 0 fully saturated rings. The van der Waals surface area contributed by atoms with Crippen LogP contribution in [0.15, 0.2) is 12.1 Å². The Balaban J connectivity index is 3.28. The number of esters is 1. The van der Waals surface area contributed by atoms with Gasteiger partial charge in [0.15, 0.2) is 11.5 Å². The van der Waals surface area contributed by atoms with Crippen molar-refractivity contribution in [3.63, 3.8) is 0 Å². The van der Waals surface area contributed by atoms with Crippen molar-refractivity contribution in [2.75, 3.05) is 27.4 Å². The van der Waals surface area contributed by atoms with Gasteiger partial charge in [-0.2, -0.15) is 0 Å². The molecule has 0 aliphatic carbocycles. The molecule has 18 heavy (non-hydrogen) atoms. The van der Waals surface area contributed by atoms with Gasteiger partial charge in [0.25, 0.3) is 0 Å². The Bertz CT molecular complexity index is 387. The van der Waals surface area contributed by atoms with Gasteiger partial charge in [0, 0.05) is 0 Å². The van der Waals surface area contributed by atoms with Crippen molar-refractivity contribution in [2.45, 2.75) is 13.8 Å². The molecule has 0 bridgehead atoms. The van der Waals surface area contributed by atoms with Gasteiger partial charge in [-0.1, -0.05) is 0 Å². The van der Waals surface area contributed by atoms with E-state index in [0.717, 1.165) is 0 Å². The van der Waals surface area contributed by atoms with Gasteiger partial charge >= 0.3 is 5.97 Å². The van der Waals surface area contributed by atoms with Crippen LogP contribution >= 0.6 is 0 Å². The van der Waals surface area contributed by atoms with E-state index in [1.165, 1.54) is 14.2 Å². The van der Waals surface area contributed by atoms with E-state index >= 15 is 0 Å². The zero-order chi connectivity index (χ0) is 13.5. The first kappa shape index (κ1) is 14.2. The number of carbonyl (C=O) groups excluding carboxylic acids is 1. The summed E-state index contributed by atoms with van der Waals surface area (Å²) >= 11 is 0. The Morgan fingerprint density at radius 2 is 1.56 bits per heavy atom. The topological polar surface area (TPSA) is 54.0 Å². The second-order valence-corrected chi connectivity index (χ2v) is 3.36. The first-order valence-electron chi connectivity index (χ1n) is 5.73. The van der Waals surface area contributed by atoms with Crippen molar-refractivity contribution < 1.29 is 23.7 Å². The van der Waals surface area contributed by atoms with Crippen LogP contribution in [0.4, 0.5) is 0 Å². The summed E-state index contributed by atoms with van der Waals surface area (Å²) < 4.78 is 20.8. The van der Waals surface area contributed by atoms with Crippen molar-refractivity contribution in [3.05, 3.63) is 17.7 Å². The third kappa shape index (κ3) is 3.06. The summed E-state index contributed by atoms with van der Waals surface area (Å²) in [6.07, 6.45) is 0. The largest absolute Gasteiger partial charge is 0.490 e. The maximum Gasteiger partial charge on any atom is 0.338 e. The van der Waals surface area contributed by atoms with Crippen molar-refractivity contribution in [2.24, 2.45) is 0 Å². The molecule has 0 aromatic heterocycles. The quantitative estimate of drug-likeness (QED) is 0.729. The van der Waals surface area contributed by atoms with Crippen molar-refractivity contribution in [1.82, 2.24) is 0 Å². The highest BCUT2D eigenvalue weighted by molar-refractivity contribution is 5.91. The zero-order valence-electron chi connectivity index (χ0n) is 11.1. The van der Waals surface area contributed by atoms with Gasteiger partial charge in [-0.3, -0.25) is 0 Å². The Hall–Kier alpha value is -1.91. The van der Waals surface area contributed by atoms with Crippen LogP contribution in [-0.2, 0) is 4.74 Å². The standard InChI is InChI=1S/C13H18O5/c1-5-17-10-7-9(13(14)16-4)8-11(18-6-2)12(10)15-3/h7-8H,5-6H2,1-4H3. The summed E-state index contributed by atoms with van der Waals surface area (Å²) in [6.45, 7) is 4.63. The lowest BCUT2D eigenvalue weighted by Crippen LogP contribution is -2.06. The molecule has 0 aliphatic rings. The van der Waals surface area contributed by atoms with Crippen LogP contribution in [0.25, 0.3) is 0 Å². The Labute approximate surface area is 107 Å². The summed E-state index contributed by atoms with van der Waals surface area (Å²) in [5, 5.41) is 0. The molecule has 0 saturated carbocycles. The number of benzene rings is 1. The molecule has 0 heterocycles. The molecular formula is C13H18O5. The lowest BCUT2D eigenvalue weighted by atomic mass is 10.2. The number of methoxy groups -OCH3 is 2. The minimum absolute atomic E-state index is 0.366. The van der Waals surface area contributed by atoms with E-state index in [4.69, 9.17) is 14.2 Å². The molecule has 0 saturated heterocycles. The van der Waals surface area contributed by atoms with Crippen molar-refractivity contribution >= 4 is 5.97 Å². The van der Waals surface area contributed by atoms with E-state index in [9.17, 15) is 4.79 Å². The molecule has 0 atom stereocenters. The van der Waals surface area contributed by atoms with Crippen LogP contribution in [0.5, 0.6) is 17.2 Å². The molecular weight excluding hydrogens is 236 g/mol. The number of rotatable bonds is 6. The average molecular weight is 254 g/mol. The monoisotopic (exact) mass is 254 g/mol. The molecule has 0 unspecified atom stereocenters. The van der Waals surface area contributed by atoms with E-state index in [1.807, 2.05) is 13.8 Å². The Morgan fingerprint density at radius 1 is 1.06 bits per heavy atom. The molecule has 0 spiro atoms. The smallest absolute Gasteiger partial charge is 0.338 e. The fourth-order valence-electron chi connectivity index (χ4n) is 1.54.